The maximum absolute atomic E-state index is 12.8. The van der Waals surface area contributed by atoms with Crippen molar-refractivity contribution in [3.8, 4) is 5.69 Å². The Labute approximate surface area is 132 Å². The van der Waals surface area contributed by atoms with Gasteiger partial charge in [0.2, 0.25) is 0 Å². The fourth-order valence-electron chi connectivity index (χ4n) is 3.44. The molecule has 1 fully saturated rings. The normalized spacial score (nSPS) is 16.0. The number of hydrogen-bond acceptors (Lipinski definition) is 3. The fraction of sp³-hybridized carbons (Fsp3) is 0.353. The van der Waals surface area contributed by atoms with Crippen molar-refractivity contribution in [3.05, 3.63) is 57.4 Å². The van der Waals surface area contributed by atoms with Gasteiger partial charge in [-0.25, -0.2) is 9.48 Å². The van der Waals surface area contributed by atoms with Crippen molar-refractivity contribution in [1.29, 1.82) is 0 Å². The minimum atomic E-state index is -0.341. The molecule has 4 rings (SSSR count). The SMILES string of the molecule is O=c1[nH]c2c(cnn2-c2ccccc2)c(=O)n1C1CCCCC1. The summed E-state index contributed by atoms with van der Waals surface area (Å²) < 4.78 is 2.99. The van der Waals surface area contributed by atoms with E-state index in [-0.39, 0.29) is 17.3 Å². The number of nitrogens with one attached hydrogen (secondary N) is 1. The van der Waals surface area contributed by atoms with E-state index < -0.39 is 0 Å². The highest BCUT2D eigenvalue weighted by Gasteiger charge is 2.21. The molecule has 2 heterocycles. The smallest absolute Gasteiger partial charge is 0.291 e. The Morgan fingerprint density at radius 3 is 2.52 bits per heavy atom. The molecule has 23 heavy (non-hydrogen) atoms. The lowest BCUT2D eigenvalue weighted by atomic mass is 9.95. The lowest BCUT2D eigenvalue weighted by Gasteiger charge is -2.22. The first-order valence-corrected chi connectivity index (χ1v) is 8.03. The molecule has 0 bridgehead atoms. The molecule has 118 valence electrons. The first-order chi connectivity index (χ1) is 11.3. The molecule has 3 aromatic rings. The van der Waals surface area contributed by atoms with E-state index in [4.69, 9.17) is 0 Å². The Kier molecular flexibility index (Phi) is 3.37. The Hall–Kier alpha value is -2.63. The molecule has 0 radical (unpaired) electrons. The number of H-pyrrole nitrogens is 1. The van der Waals surface area contributed by atoms with Crippen LogP contribution in [-0.2, 0) is 0 Å². The summed E-state index contributed by atoms with van der Waals surface area (Å²) in [7, 11) is 0. The van der Waals surface area contributed by atoms with Crippen molar-refractivity contribution in [2.75, 3.05) is 0 Å². The highest BCUT2D eigenvalue weighted by Crippen LogP contribution is 2.26. The molecular weight excluding hydrogens is 292 g/mol. The lowest BCUT2D eigenvalue weighted by Crippen LogP contribution is -2.38. The highest BCUT2D eigenvalue weighted by atomic mass is 16.2. The van der Waals surface area contributed by atoms with Gasteiger partial charge in [0.1, 0.15) is 5.39 Å². The Bertz CT molecular complexity index is 946. The summed E-state index contributed by atoms with van der Waals surface area (Å²) in [5.41, 5.74) is 0.691. The van der Waals surface area contributed by atoms with Crippen LogP contribution in [0.2, 0.25) is 0 Å². The molecule has 1 saturated carbocycles. The van der Waals surface area contributed by atoms with Gasteiger partial charge in [0.05, 0.1) is 11.9 Å². The van der Waals surface area contributed by atoms with Crippen LogP contribution in [0.3, 0.4) is 0 Å². The summed E-state index contributed by atoms with van der Waals surface area (Å²) in [5.74, 6) is 0. The van der Waals surface area contributed by atoms with Crippen molar-refractivity contribution in [3.63, 3.8) is 0 Å². The zero-order valence-electron chi connectivity index (χ0n) is 12.7. The van der Waals surface area contributed by atoms with Crippen LogP contribution in [0.5, 0.6) is 0 Å². The monoisotopic (exact) mass is 310 g/mol. The van der Waals surface area contributed by atoms with Crippen LogP contribution in [0.25, 0.3) is 16.7 Å². The van der Waals surface area contributed by atoms with E-state index in [2.05, 4.69) is 10.1 Å². The van der Waals surface area contributed by atoms with E-state index in [0.717, 1.165) is 31.4 Å². The van der Waals surface area contributed by atoms with Crippen LogP contribution in [0.1, 0.15) is 38.1 Å². The number of fused-ring (bicyclic) bond motifs is 1. The van der Waals surface area contributed by atoms with Crippen LogP contribution in [0.4, 0.5) is 0 Å². The standard InChI is InChI=1S/C17H18N4O2/c22-16-14-11-18-21(13-9-5-2-6-10-13)15(14)19-17(23)20(16)12-7-3-1-4-8-12/h2,5-6,9-12H,1,3-4,7-8H2,(H,19,23). The molecule has 6 nitrogen and oxygen atoms in total. The lowest BCUT2D eigenvalue weighted by molar-refractivity contribution is 0.338. The van der Waals surface area contributed by atoms with Gasteiger partial charge in [-0.15, -0.1) is 0 Å². The Morgan fingerprint density at radius 1 is 1.04 bits per heavy atom. The second kappa shape index (κ2) is 5.53. The fourth-order valence-corrected chi connectivity index (χ4v) is 3.44. The molecule has 1 N–H and O–H groups in total. The third kappa shape index (κ3) is 2.30. The summed E-state index contributed by atoms with van der Waals surface area (Å²) in [4.78, 5) is 28.1. The number of rotatable bonds is 2. The second-order valence-corrected chi connectivity index (χ2v) is 6.05. The summed E-state index contributed by atoms with van der Waals surface area (Å²) in [6.07, 6.45) is 6.63. The molecule has 6 heteroatoms. The first-order valence-electron chi connectivity index (χ1n) is 8.03. The molecule has 1 aliphatic carbocycles. The molecule has 2 aromatic heterocycles. The molecule has 1 aromatic carbocycles. The maximum Gasteiger partial charge on any atom is 0.330 e. The minimum Gasteiger partial charge on any atom is -0.291 e. The van der Waals surface area contributed by atoms with Crippen LogP contribution < -0.4 is 11.2 Å². The third-order valence-electron chi connectivity index (χ3n) is 4.60. The number of aromatic nitrogens is 4. The number of para-hydroxylation sites is 1. The van der Waals surface area contributed by atoms with E-state index >= 15 is 0 Å². The Morgan fingerprint density at radius 2 is 1.78 bits per heavy atom. The molecular formula is C17H18N4O2. The van der Waals surface area contributed by atoms with Crippen molar-refractivity contribution >= 4 is 11.0 Å². The van der Waals surface area contributed by atoms with Gasteiger partial charge in [0.25, 0.3) is 5.56 Å². The number of benzene rings is 1. The second-order valence-electron chi connectivity index (χ2n) is 6.05. The third-order valence-corrected chi connectivity index (χ3v) is 4.60. The van der Waals surface area contributed by atoms with Crippen molar-refractivity contribution in [2.45, 2.75) is 38.1 Å². The first kappa shape index (κ1) is 14.0. The van der Waals surface area contributed by atoms with Gasteiger partial charge in [-0.1, -0.05) is 37.5 Å². The number of nitrogens with zero attached hydrogens (tertiary/aromatic N) is 3. The summed E-state index contributed by atoms with van der Waals surface area (Å²) in [5, 5.41) is 4.74. The predicted octanol–water partition coefficient (Wildman–Crippen LogP) is 2.38. The van der Waals surface area contributed by atoms with E-state index in [1.54, 1.807) is 10.9 Å². The van der Waals surface area contributed by atoms with Gasteiger partial charge in [-0.2, -0.15) is 5.10 Å². The summed E-state index contributed by atoms with van der Waals surface area (Å²) >= 11 is 0. The summed E-state index contributed by atoms with van der Waals surface area (Å²) in [6.45, 7) is 0. The predicted molar refractivity (Wildman–Crippen MR) is 88.1 cm³/mol. The minimum absolute atomic E-state index is 0.00414. The zero-order chi connectivity index (χ0) is 15.8. The van der Waals surface area contributed by atoms with Gasteiger partial charge in [-0.3, -0.25) is 14.3 Å². The van der Waals surface area contributed by atoms with Crippen molar-refractivity contribution in [1.82, 2.24) is 19.3 Å². The van der Waals surface area contributed by atoms with Gasteiger partial charge < -0.3 is 0 Å². The van der Waals surface area contributed by atoms with Crippen molar-refractivity contribution in [2.24, 2.45) is 0 Å². The maximum atomic E-state index is 12.8. The number of aromatic amines is 1. The molecule has 0 saturated heterocycles. The highest BCUT2D eigenvalue weighted by molar-refractivity contribution is 5.74. The molecule has 0 spiro atoms. The van der Waals surface area contributed by atoms with Crippen LogP contribution in [0.15, 0.2) is 46.1 Å². The van der Waals surface area contributed by atoms with Gasteiger partial charge in [-0.05, 0) is 25.0 Å². The Balaban J connectivity index is 1.91. The zero-order valence-corrected chi connectivity index (χ0v) is 12.7. The molecule has 0 unspecified atom stereocenters. The van der Waals surface area contributed by atoms with Crippen LogP contribution >= 0.6 is 0 Å². The van der Waals surface area contributed by atoms with E-state index in [1.807, 2.05) is 30.3 Å². The average Bonchev–Trinajstić information content (AvgIpc) is 3.00. The van der Waals surface area contributed by atoms with Gasteiger partial charge >= 0.3 is 5.69 Å². The van der Waals surface area contributed by atoms with Crippen molar-refractivity contribution < 1.29 is 0 Å². The van der Waals surface area contributed by atoms with E-state index in [9.17, 15) is 9.59 Å². The summed E-state index contributed by atoms with van der Waals surface area (Å²) in [6, 6.07) is 9.47. The van der Waals surface area contributed by atoms with E-state index in [0.29, 0.717) is 11.0 Å². The number of hydrogen-bond donors (Lipinski definition) is 1. The van der Waals surface area contributed by atoms with Crippen LogP contribution in [-0.4, -0.2) is 19.3 Å². The average molecular weight is 310 g/mol. The molecule has 1 aliphatic rings. The molecule has 0 atom stereocenters. The largest absolute Gasteiger partial charge is 0.330 e. The van der Waals surface area contributed by atoms with Crippen LogP contribution in [0, 0.1) is 0 Å². The van der Waals surface area contributed by atoms with Gasteiger partial charge in [0.15, 0.2) is 5.65 Å². The molecule has 0 aliphatic heterocycles. The topological polar surface area (TPSA) is 72.7 Å². The molecule has 0 amide bonds. The van der Waals surface area contributed by atoms with Gasteiger partial charge in [0, 0.05) is 6.04 Å². The van der Waals surface area contributed by atoms with E-state index in [1.165, 1.54) is 11.0 Å². The quantitative estimate of drug-likeness (QED) is 0.790.